The molecule has 2 aromatic heterocycles. The van der Waals surface area contributed by atoms with Crippen molar-refractivity contribution in [1.82, 2.24) is 19.5 Å². The van der Waals surface area contributed by atoms with Crippen molar-refractivity contribution in [2.24, 2.45) is 7.05 Å². The largest absolute Gasteiger partial charge is 0.375 e. The van der Waals surface area contributed by atoms with E-state index in [1.807, 2.05) is 6.92 Å². The van der Waals surface area contributed by atoms with Crippen LogP contribution < -0.4 is 4.72 Å². The number of aryl methyl sites for hydroxylation is 2. The highest BCUT2D eigenvalue weighted by Gasteiger charge is 2.15. The van der Waals surface area contributed by atoms with Crippen molar-refractivity contribution >= 4 is 20.9 Å². The zero-order valence-electron chi connectivity index (χ0n) is 16.1. The molecule has 0 fully saturated rings. The van der Waals surface area contributed by atoms with Crippen LogP contribution >= 0.6 is 0 Å². The summed E-state index contributed by atoms with van der Waals surface area (Å²) in [5.74, 6) is -0.332. The van der Waals surface area contributed by atoms with E-state index in [1.54, 1.807) is 43.3 Å². The Kier molecular flexibility index (Phi) is 6.07. The van der Waals surface area contributed by atoms with Crippen LogP contribution in [0.25, 0.3) is 22.0 Å². The van der Waals surface area contributed by atoms with E-state index in [1.165, 1.54) is 6.07 Å². The van der Waals surface area contributed by atoms with Crippen LogP contribution in [-0.2, 0) is 28.4 Å². The quantitative estimate of drug-likeness (QED) is 0.581. The molecule has 0 atom stereocenters. The van der Waals surface area contributed by atoms with Gasteiger partial charge in [0.2, 0.25) is 10.0 Å². The summed E-state index contributed by atoms with van der Waals surface area (Å²) in [4.78, 5) is 4.20. The number of sulfonamides is 1. The van der Waals surface area contributed by atoms with Crippen molar-refractivity contribution in [2.45, 2.75) is 20.5 Å². The normalized spacial score (nSPS) is 12.0. The number of pyridine rings is 1. The van der Waals surface area contributed by atoms with Crippen LogP contribution in [0.15, 0.2) is 30.7 Å². The van der Waals surface area contributed by atoms with E-state index in [2.05, 4.69) is 14.8 Å². The molecule has 0 amide bonds. The molecule has 0 spiro atoms. The van der Waals surface area contributed by atoms with E-state index in [-0.39, 0.29) is 31.3 Å². The van der Waals surface area contributed by atoms with Crippen LogP contribution in [-0.4, -0.2) is 42.1 Å². The van der Waals surface area contributed by atoms with Gasteiger partial charge in [0.25, 0.3) is 0 Å². The molecule has 0 saturated carbocycles. The zero-order valence-corrected chi connectivity index (χ0v) is 16.9. The molecule has 0 aliphatic carbocycles. The monoisotopic (exact) mass is 406 g/mol. The van der Waals surface area contributed by atoms with Gasteiger partial charge in [-0.2, -0.15) is 5.10 Å². The minimum Gasteiger partial charge on any atom is -0.375 e. The smallest absolute Gasteiger partial charge is 0.211 e. The van der Waals surface area contributed by atoms with Gasteiger partial charge < -0.3 is 4.74 Å². The minimum absolute atomic E-state index is 0.0242. The fourth-order valence-electron chi connectivity index (χ4n) is 2.94. The molecule has 2 heterocycles. The number of fused-ring (bicyclic) bond motifs is 1. The number of hydrogen-bond acceptors (Lipinski definition) is 5. The first kappa shape index (κ1) is 20.4. The first-order valence-electron chi connectivity index (χ1n) is 8.92. The van der Waals surface area contributed by atoms with Gasteiger partial charge in [0.1, 0.15) is 5.82 Å². The first-order chi connectivity index (χ1) is 13.3. The highest BCUT2D eigenvalue weighted by molar-refractivity contribution is 7.89. The van der Waals surface area contributed by atoms with Gasteiger partial charge >= 0.3 is 0 Å². The lowest BCUT2D eigenvalue weighted by atomic mass is 9.98. The predicted octanol–water partition coefficient (Wildman–Crippen LogP) is 2.54. The fourth-order valence-corrected chi connectivity index (χ4v) is 3.54. The third-order valence-electron chi connectivity index (χ3n) is 4.59. The molecule has 0 unspecified atom stereocenters. The van der Waals surface area contributed by atoms with Crippen molar-refractivity contribution in [1.29, 1.82) is 0 Å². The van der Waals surface area contributed by atoms with Crippen LogP contribution in [0.2, 0.25) is 0 Å². The van der Waals surface area contributed by atoms with Crippen LogP contribution in [0.5, 0.6) is 0 Å². The number of rotatable bonds is 8. The van der Waals surface area contributed by atoms with Crippen molar-refractivity contribution in [3.05, 3.63) is 47.7 Å². The average molecular weight is 406 g/mol. The minimum atomic E-state index is -3.25. The summed E-state index contributed by atoms with van der Waals surface area (Å²) in [5.41, 5.74) is 3.58. The van der Waals surface area contributed by atoms with Crippen LogP contribution in [0.1, 0.15) is 18.1 Å². The average Bonchev–Trinajstić information content (AvgIpc) is 3.01. The van der Waals surface area contributed by atoms with Crippen molar-refractivity contribution in [3.8, 4) is 11.1 Å². The molecule has 0 aliphatic heterocycles. The van der Waals surface area contributed by atoms with Gasteiger partial charge in [-0.05, 0) is 37.1 Å². The lowest BCUT2D eigenvalue weighted by molar-refractivity contribution is 0.126. The number of halogens is 1. The molecule has 28 heavy (non-hydrogen) atoms. The third kappa shape index (κ3) is 4.37. The maximum atomic E-state index is 14.8. The van der Waals surface area contributed by atoms with Gasteiger partial charge in [-0.1, -0.05) is 0 Å². The van der Waals surface area contributed by atoms with Crippen LogP contribution in [0, 0.1) is 12.7 Å². The Morgan fingerprint density at radius 2 is 2.00 bits per heavy atom. The molecule has 0 aliphatic rings. The molecular weight excluding hydrogens is 383 g/mol. The summed E-state index contributed by atoms with van der Waals surface area (Å²) >= 11 is 0. The van der Waals surface area contributed by atoms with Crippen molar-refractivity contribution in [3.63, 3.8) is 0 Å². The summed E-state index contributed by atoms with van der Waals surface area (Å²) in [6.07, 6.45) is 4.94. The highest BCUT2D eigenvalue weighted by Crippen LogP contribution is 2.31. The van der Waals surface area contributed by atoms with Gasteiger partial charge in [0, 0.05) is 42.5 Å². The van der Waals surface area contributed by atoms with Crippen LogP contribution in [0.3, 0.4) is 0 Å². The summed E-state index contributed by atoms with van der Waals surface area (Å²) < 4.78 is 47.5. The Morgan fingerprint density at radius 3 is 2.75 bits per heavy atom. The Hall–Kier alpha value is -2.36. The molecule has 3 rings (SSSR count). The number of hydrogen-bond donors (Lipinski definition) is 1. The Morgan fingerprint density at radius 1 is 1.21 bits per heavy atom. The van der Waals surface area contributed by atoms with E-state index in [4.69, 9.17) is 4.74 Å². The number of nitrogens with zero attached hydrogens (tertiary/aromatic N) is 3. The second-order valence-corrected chi connectivity index (χ2v) is 8.59. The summed E-state index contributed by atoms with van der Waals surface area (Å²) in [5, 5.41) is 4.89. The molecule has 9 heteroatoms. The van der Waals surface area contributed by atoms with E-state index in [0.717, 1.165) is 22.0 Å². The van der Waals surface area contributed by atoms with E-state index >= 15 is 0 Å². The van der Waals surface area contributed by atoms with Gasteiger partial charge in [-0.25, -0.2) is 17.5 Å². The second-order valence-electron chi connectivity index (χ2n) is 6.49. The molecule has 0 saturated heterocycles. The maximum absolute atomic E-state index is 14.8. The van der Waals surface area contributed by atoms with E-state index < -0.39 is 10.0 Å². The van der Waals surface area contributed by atoms with E-state index in [0.29, 0.717) is 11.1 Å². The van der Waals surface area contributed by atoms with Crippen molar-refractivity contribution < 1.29 is 17.5 Å². The summed E-state index contributed by atoms with van der Waals surface area (Å²) in [7, 11) is -1.44. The van der Waals surface area contributed by atoms with Crippen molar-refractivity contribution in [2.75, 3.05) is 18.9 Å². The van der Waals surface area contributed by atoms with Gasteiger partial charge in [-0.15, -0.1) is 0 Å². The van der Waals surface area contributed by atoms with Crippen LogP contribution in [0.4, 0.5) is 4.39 Å². The maximum Gasteiger partial charge on any atom is 0.211 e. The number of benzene rings is 1. The molecule has 7 nitrogen and oxygen atoms in total. The molecule has 0 bridgehead atoms. The predicted molar refractivity (Wildman–Crippen MR) is 106 cm³/mol. The Balaban J connectivity index is 1.83. The fraction of sp³-hybridized carbons (Fsp3) is 0.368. The lowest BCUT2D eigenvalue weighted by Crippen LogP contribution is -2.28. The van der Waals surface area contributed by atoms with Gasteiger partial charge in [-0.3, -0.25) is 9.67 Å². The highest BCUT2D eigenvalue weighted by atomic mass is 32.2. The summed E-state index contributed by atoms with van der Waals surface area (Å²) in [6.45, 7) is 4.08. The Bertz CT molecular complexity index is 1100. The molecular formula is C19H23FN4O3S. The molecule has 1 N–H and O–H groups in total. The molecule has 150 valence electrons. The zero-order chi connectivity index (χ0) is 20.3. The Labute approximate surface area is 163 Å². The standard InChI is InChI=1S/C19H23FN4O3S/c1-4-28(25,26)23-5-6-27-12-17-13(2)9-21-11-16(17)15-8-19-14(7-18(15)20)10-22-24(19)3/h7-11,23H,4-6,12H2,1-3H3. The lowest BCUT2D eigenvalue weighted by Gasteiger charge is -2.14. The second kappa shape index (κ2) is 8.34. The topological polar surface area (TPSA) is 86.1 Å². The third-order valence-corrected chi connectivity index (χ3v) is 6.00. The SMILES string of the molecule is CCS(=O)(=O)NCCOCc1c(C)cncc1-c1cc2c(cnn2C)cc1F. The number of aromatic nitrogens is 3. The number of ether oxygens (including phenoxy) is 1. The summed E-state index contributed by atoms with van der Waals surface area (Å²) in [6, 6.07) is 3.22. The molecule has 3 aromatic rings. The van der Waals surface area contributed by atoms with Gasteiger partial charge in [0.05, 0.1) is 30.7 Å². The first-order valence-corrected chi connectivity index (χ1v) is 10.6. The number of nitrogens with one attached hydrogen (secondary N) is 1. The molecule has 0 radical (unpaired) electrons. The van der Waals surface area contributed by atoms with E-state index in [9.17, 15) is 12.8 Å². The van der Waals surface area contributed by atoms with Gasteiger partial charge in [0.15, 0.2) is 0 Å². The molecule has 1 aromatic carbocycles.